The zero-order chi connectivity index (χ0) is 19.2. The maximum atomic E-state index is 10.5. The average molecular weight is 364 g/mol. The Kier molecular flexibility index (Phi) is 5.93. The molecule has 0 amide bonds. The van der Waals surface area contributed by atoms with Gasteiger partial charge in [0.1, 0.15) is 17.9 Å². The predicted octanol–water partition coefficient (Wildman–Crippen LogP) is 2.37. The van der Waals surface area contributed by atoms with Gasteiger partial charge in [0.15, 0.2) is 0 Å². The van der Waals surface area contributed by atoms with Gasteiger partial charge >= 0.3 is 0 Å². The highest BCUT2D eigenvalue weighted by Crippen LogP contribution is 2.26. The lowest BCUT2D eigenvalue weighted by atomic mass is 10.0. The molecule has 140 valence electrons. The standard InChI is InChI=1S/C20H24N6O/c1-4-18(25-24-15(3)26-9-7-21-8-10-26)17-6-5-16(12-20(17)27)19-11-14(2)22-13-23-19/h4-6,11-13,21,27H,1,7-10H2,2-3H3/b24-15+,25-18+. The molecule has 1 aliphatic heterocycles. The van der Waals surface area contributed by atoms with Gasteiger partial charge in [-0.15, -0.1) is 10.2 Å². The lowest BCUT2D eigenvalue weighted by molar-refractivity contribution is 0.355. The summed E-state index contributed by atoms with van der Waals surface area (Å²) in [7, 11) is 0. The summed E-state index contributed by atoms with van der Waals surface area (Å²) < 4.78 is 0. The van der Waals surface area contributed by atoms with E-state index in [2.05, 4.69) is 37.0 Å². The summed E-state index contributed by atoms with van der Waals surface area (Å²) in [5, 5.41) is 22.4. The van der Waals surface area contributed by atoms with Gasteiger partial charge in [0, 0.05) is 43.0 Å². The Balaban J connectivity index is 1.85. The predicted molar refractivity (Wildman–Crippen MR) is 108 cm³/mol. The summed E-state index contributed by atoms with van der Waals surface area (Å²) in [4.78, 5) is 10.5. The van der Waals surface area contributed by atoms with Gasteiger partial charge in [-0.1, -0.05) is 12.6 Å². The van der Waals surface area contributed by atoms with E-state index in [-0.39, 0.29) is 5.75 Å². The molecule has 2 heterocycles. The van der Waals surface area contributed by atoms with Gasteiger partial charge < -0.3 is 15.3 Å². The molecule has 0 radical (unpaired) electrons. The van der Waals surface area contributed by atoms with Crippen LogP contribution in [-0.2, 0) is 0 Å². The zero-order valence-corrected chi connectivity index (χ0v) is 15.7. The summed E-state index contributed by atoms with van der Waals surface area (Å²) in [6, 6.07) is 7.24. The molecule has 0 atom stereocenters. The minimum atomic E-state index is 0.109. The Morgan fingerprint density at radius 2 is 2.00 bits per heavy atom. The fraction of sp³-hybridized carbons (Fsp3) is 0.300. The maximum Gasteiger partial charge on any atom is 0.125 e. The fourth-order valence-corrected chi connectivity index (χ4v) is 2.90. The first-order valence-electron chi connectivity index (χ1n) is 8.91. The number of phenols is 1. The van der Waals surface area contributed by atoms with Crippen LogP contribution in [0.5, 0.6) is 5.75 Å². The summed E-state index contributed by atoms with van der Waals surface area (Å²) in [5.41, 5.74) is 3.54. The second-order valence-electron chi connectivity index (χ2n) is 6.35. The first-order chi connectivity index (χ1) is 13.1. The van der Waals surface area contributed by atoms with Crippen LogP contribution < -0.4 is 5.32 Å². The second kappa shape index (κ2) is 8.55. The van der Waals surface area contributed by atoms with Crippen LogP contribution >= 0.6 is 0 Å². The van der Waals surface area contributed by atoms with Crippen molar-refractivity contribution in [1.29, 1.82) is 0 Å². The number of aromatic nitrogens is 2. The largest absolute Gasteiger partial charge is 0.507 e. The van der Waals surface area contributed by atoms with Gasteiger partial charge in [-0.05, 0) is 38.1 Å². The normalized spacial score (nSPS) is 15.7. The highest BCUT2D eigenvalue weighted by atomic mass is 16.3. The van der Waals surface area contributed by atoms with E-state index in [0.29, 0.717) is 11.3 Å². The van der Waals surface area contributed by atoms with Crippen LogP contribution in [0.4, 0.5) is 0 Å². The molecule has 1 aromatic heterocycles. The van der Waals surface area contributed by atoms with E-state index >= 15 is 0 Å². The van der Waals surface area contributed by atoms with Crippen LogP contribution in [0.2, 0.25) is 0 Å². The fourth-order valence-electron chi connectivity index (χ4n) is 2.90. The summed E-state index contributed by atoms with van der Waals surface area (Å²) in [5.74, 6) is 0.959. The third kappa shape index (κ3) is 4.57. The number of phenolic OH excluding ortho intramolecular Hbond substituents is 1. The van der Waals surface area contributed by atoms with Gasteiger partial charge in [0.2, 0.25) is 0 Å². The van der Waals surface area contributed by atoms with Gasteiger partial charge in [-0.3, -0.25) is 0 Å². The molecule has 2 N–H and O–H groups in total. The monoisotopic (exact) mass is 364 g/mol. The molecule has 0 aliphatic carbocycles. The first kappa shape index (κ1) is 18.7. The Morgan fingerprint density at radius 1 is 1.22 bits per heavy atom. The number of aryl methyl sites for hydroxylation is 1. The Hall–Kier alpha value is -3.06. The van der Waals surface area contributed by atoms with E-state index in [1.165, 1.54) is 6.33 Å². The summed E-state index contributed by atoms with van der Waals surface area (Å²) >= 11 is 0. The number of hydrogen-bond acceptors (Lipinski definition) is 6. The number of amidine groups is 1. The van der Waals surface area contributed by atoms with Crippen molar-refractivity contribution in [2.24, 2.45) is 10.2 Å². The van der Waals surface area contributed by atoms with E-state index in [0.717, 1.165) is 49.0 Å². The van der Waals surface area contributed by atoms with Crippen molar-refractivity contribution >= 4 is 11.5 Å². The number of nitrogens with zero attached hydrogens (tertiary/aromatic N) is 5. The number of aromatic hydroxyl groups is 1. The number of benzene rings is 1. The molecular weight excluding hydrogens is 340 g/mol. The molecule has 27 heavy (non-hydrogen) atoms. The van der Waals surface area contributed by atoms with Crippen LogP contribution in [0.15, 0.2) is 53.5 Å². The van der Waals surface area contributed by atoms with Gasteiger partial charge in [-0.25, -0.2) is 9.97 Å². The molecule has 0 unspecified atom stereocenters. The van der Waals surface area contributed by atoms with Crippen LogP contribution in [-0.4, -0.2) is 57.7 Å². The van der Waals surface area contributed by atoms with E-state index in [1.54, 1.807) is 18.2 Å². The molecule has 7 nitrogen and oxygen atoms in total. The Labute approximate surface area is 159 Å². The van der Waals surface area contributed by atoms with Crippen molar-refractivity contribution in [3.05, 3.63) is 54.5 Å². The molecule has 1 aliphatic rings. The van der Waals surface area contributed by atoms with E-state index in [9.17, 15) is 5.11 Å². The zero-order valence-electron chi connectivity index (χ0n) is 15.7. The summed E-state index contributed by atoms with van der Waals surface area (Å²) in [6.07, 6.45) is 3.11. The van der Waals surface area contributed by atoms with Crippen molar-refractivity contribution in [3.8, 4) is 17.0 Å². The molecule has 1 fully saturated rings. The highest BCUT2D eigenvalue weighted by molar-refractivity contribution is 6.10. The van der Waals surface area contributed by atoms with Crippen molar-refractivity contribution in [3.63, 3.8) is 0 Å². The first-order valence-corrected chi connectivity index (χ1v) is 8.91. The Morgan fingerprint density at radius 3 is 2.67 bits per heavy atom. The molecule has 0 spiro atoms. The van der Waals surface area contributed by atoms with Crippen LogP contribution in [0, 0.1) is 6.92 Å². The smallest absolute Gasteiger partial charge is 0.125 e. The molecular formula is C20H24N6O. The highest BCUT2D eigenvalue weighted by Gasteiger charge is 2.12. The van der Waals surface area contributed by atoms with Crippen LogP contribution in [0.3, 0.4) is 0 Å². The molecule has 1 saturated heterocycles. The number of rotatable bonds is 4. The Bertz CT molecular complexity index is 884. The van der Waals surface area contributed by atoms with Crippen molar-refractivity contribution in [1.82, 2.24) is 20.2 Å². The van der Waals surface area contributed by atoms with Crippen molar-refractivity contribution < 1.29 is 5.11 Å². The minimum absolute atomic E-state index is 0.109. The van der Waals surface area contributed by atoms with E-state index in [4.69, 9.17) is 0 Å². The SMILES string of the molecule is C=C/C(=N\N=C(/C)N1CCNCC1)c1ccc(-c2cc(C)ncn2)cc1O. The molecule has 0 bridgehead atoms. The lowest BCUT2D eigenvalue weighted by Gasteiger charge is -2.28. The molecule has 7 heteroatoms. The number of nitrogens with one attached hydrogen (secondary N) is 1. The van der Waals surface area contributed by atoms with Crippen molar-refractivity contribution in [2.45, 2.75) is 13.8 Å². The van der Waals surface area contributed by atoms with Crippen molar-refractivity contribution in [2.75, 3.05) is 26.2 Å². The minimum Gasteiger partial charge on any atom is -0.507 e. The molecule has 1 aromatic carbocycles. The molecule has 0 saturated carbocycles. The number of piperazine rings is 1. The van der Waals surface area contributed by atoms with E-state index < -0.39 is 0 Å². The van der Waals surface area contributed by atoms with Crippen LogP contribution in [0.25, 0.3) is 11.3 Å². The number of allylic oxidation sites excluding steroid dienone is 1. The van der Waals surface area contributed by atoms with Gasteiger partial charge in [0.05, 0.1) is 11.4 Å². The third-order valence-electron chi connectivity index (χ3n) is 4.44. The quantitative estimate of drug-likeness (QED) is 0.494. The van der Waals surface area contributed by atoms with Gasteiger partial charge in [0.25, 0.3) is 0 Å². The van der Waals surface area contributed by atoms with E-state index in [1.807, 2.05) is 26.0 Å². The third-order valence-corrected chi connectivity index (χ3v) is 4.44. The van der Waals surface area contributed by atoms with Gasteiger partial charge in [-0.2, -0.15) is 0 Å². The average Bonchev–Trinajstić information content (AvgIpc) is 2.69. The lowest BCUT2D eigenvalue weighted by Crippen LogP contribution is -2.45. The maximum absolute atomic E-state index is 10.5. The second-order valence-corrected chi connectivity index (χ2v) is 6.35. The number of hydrogen-bond donors (Lipinski definition) is 2. The molecule has 3 rings (SSSR count). The van der Waals surface area contributed by atoms with Crippen LogP contribution in [0.1, 0.15) is 18.2 Å². The molecule has 2 aromatic rings. The topological polar surface area (TPSA) is 86.0 Å². The summed E-state index contributed by atoms with van der Waals surface area (Å²) in [6.45, 7) is 11.3.